The van der Waals surface area contributed by atoms with Crippen molar-refractivity contribution >= 4 is 17.2 Å². The van der Waals surface area contributed by atoms with Crippen LogP contribution in [0.4, 0.5) is 5.69 Å². The van der Waals surface area contributed by atoms with Gasteiger partial charge in [-0.3, -0.25) is 4.79 Å². The Kier molecular flexibility index (Phi) is 3.95. The van der Waals surface area contributed by atoms with Crippen LogP contribution in [-0.4, -0.2) is 11.4 Å². The van der Waals surface area contributed by atoms with E-state index in [1.807, 2.05) is 48.5 Å². The van der Waals surface area contributed by atoms with Crippen molar-refractivity contribution in [2.45, 2.75) is 32.9 Å². The fourth-order valence-electron chi connectivity index (χ4n) is 3.00. The molecule has 0 radical (unpaired) electrons. The minimum atomic E-state index is -0.0613. The van der Waals surface area contributed by atoms with Gasteiger partial charge in [-0.2, -0.15) is 0 Å². The molecular weight excluding hydrogens is 284 g/mol. The van der Waals surface area contributed by atoms with Gasteiger partial charge in [-0.05, 0) is 50.1 Å². The Morgan fingerprint density at radius 2 is 1.87 bits per heavy atom. The van der Waals surface area contributed by atoms with Gasteiger partial charge >= 0.3 is 0 Å². The lowest BCUT2D eigenvalue weighted by molar-refractivity contribution is 0.0951. The molecule has 1 aliphatic heterocycles. The Hall–Kier alpha value is -2.55. The molecule has 0 spiro atoms. The maximum Gasteiger partial charge on any atom is 0.251 e. The minimum absolute atomic E-state index is 0.0470. The van der Waals surface area contributed by atoms with E-state index in [1.165, 1.54) is 5.57 Å². The number of anilines is 1. The van der Waals surface area contributed by atoms with E-state index in [0.717, 1.165) is 16.8 Å². The van der Waals surface area contributed by atoms with E-state index >= 15 is 0 Å². The van der Waals surface area contributed by atoms with Gasteiger partial charge in [0, 0.05) is 23.4 Å². The van der Waals surface area contributed by atoms with Gasteiger partial charge in [-0.15, -0.1) is 0 Å². The molecule has 0 saturated heterocycles. The van der Waals surface area contributed by atoms with Gasteiger partial charge in [0.1, 0.15) is 0 Å². The van der Waals surface area contributed by atoms with Crippen molar-refractivity contribution in [3.05, 3.63) is 71.3 Å². The summed E-state index contributed by atoms with van der Waals surface area (Å²) in [6, 6.07) is 15.8. The van der Waals surface area contributed by atoms with Crippen LogP contribution in [-0.2, 0) is 6.54 Å². The quantitative estimate of drug-likeness (QED) is 0.891. The van der Waals surface area contributed by atoms with Crippen LogP contribution in [0.15, 0.2) is 54.6 Å². The predicted octanol–water partition coefficient (Wildman–Crippen LogP) is 4.22. The number of fused-ring (bicyclic) bond motifs is 1. The highest BCUT2D eigenvalue weighted by Crippen LogP contribution is 2.33. The molecule has 0 unspecified atom stereocenters. The van der Waals surface area contributed by atoms with Gasteiger partial charge in [0.25, 0.3) is 5.91 Å². The number of hydrogen-bond acceptors (Lipinski definition) is 2. The average molecular weight is 306 g/mol. The Balaban J connectivity index is 1.77. The van der Waals surface area contributed by atoms with E-state index in [4.69, 9.17) is 0 Å². The summed E-state index contributed by atoms with van der Waals surface area (Å²) in [6.07, 6.45) is 2.20. The third kappa shape index (κ3) is 3.45. The molecule has 0 aromatic heterocycles. The minimum Gasteiger partial charge on any atom is -0.376 e. The van der Waals surface area contributed by atoms with Crippen LogP contribution in [0.25, 0.3) is 5.57 Å². The monoisotopic (exact) mass is 306 g/mol. The highest BCUT2D eigenvalue weighted by molar-refractivity contribution is 5.96. The molecule has 3 rings (SSSR count). The van der Waals surface area contributed by atoms with E-state index in [9.17, 15) is 4.79 Å². The molecular formula is C20H22N2O. The molecule has 0 aliphatic carbocycles. The summed E-state index contributed by atoms with van der Waals surface area (Å²) in [4.78, 5) is 12.4. The Labute approximate surface area is 137 Å². The number of nitrogens with one attached hydrogen (secondary N) is 2. The third-order valence-corrected chi connectivity index (χ3v) is 4.04. The van der Waals surface area contributed by atoms with Crippen LogP contribution in [0.5, 0.6) is 0 Å². The molecule has 0 saturated carbocycles. The number of hydrogen-bond donors (Lipinski definition) is 2. The van der Waals surface area contributed by atoms with Crippen molar-refractivity contribution < 1.29 is 4.79 Å². The number of amides is 1. The molecule has 1 amide bonds. The molecule has 2 N–H and O–H groups in total. The topological polar surface area (TPSA) is 41.1 Å². The molecule has 3 heteroatoms. The highest BCUT2D eigenvalue weighted by Gasteiger charge is 2.23. The second kappa shape index (κ2) is 5.92. The largest absolute Gasteiger partial charge is 0.376 e. The second-order valence-corrected chi connectivity index (χ2v) is 6.60. The zero-order valence-electron chi connectivity index (χ0n) is 13.8. The van der Waals surface area contributed by atoms with Gasteiger partial charge < -0.3 is 10.6 Å². The number of carbonyl (C=O) groups excluding carboxylic acids is 1. The van der Waals surface area contributed by atoms with E-state index in [0.29, 0.717) is 12.1 Å². The van der Waals surface area contributed by atoms with Crippen molar-refractivity contribution in [2.24, 2.45) is 0 Å². The smallest absolute Gasteiger partial charge is 0.251 e. The Morgan fingerprint density at radius 3 is 2.61 bits per heavy atom. The van der Waals surface area contributed by atoms with E-state index in [2.05, 4.69) is 37.5 Å². The lowest BCUT2D eigenvalue weighted by Gasteiger charge is -2.31. The fraction of sp³-hybridized carbons (Fsp3) is 0.250. The molecule has 1 aliphatic rings. The van der Waals surface area contributed by atoms with Gasteiger partial charge in [-0.1, -0.05) is 36.4 Å². The van der Waals surface area contributed by atoms with Crippen LogP contribution in [0.2, 0.25) is 0 Å². The number of carbonyl (C=O) groups is 1. The Morgan fingerprint density at radius 1 is 1.13 bits per heavy atom. The molecule has 0 bridgehead atoms. The summed E-state index contributed by atoms with van der Waals surface area (Å²) in [5.74, 6) is -0.0470. The van der Waals surface area contributed by atoms with Crippen molar-refractivity contribution in [1.29, 1.82) is 0 Å². The molecule has 0 atom stereocenters. The first-order chi connectivity index (χ1) is 10.9. The summed E-state index contributed by atoms with van der Waals surface area (Å²) in [5.41, 5.74) is 5.09. The van der Waals surface area contributed by atoms with Gasteiger partial charge in [0.2, 0.25) is 0 Å². The molecule has 118 valence electrons. The maximum atomic E-state index is 12.4. The summed E-state index contributed by atoms with van der Waals surface area (Å²) in [7, 11) is 0. The van der Waals surface area contributed by atoms with E-state index in [-0.39, 0.29) is 11.4 Å². The fourth-order valence-corrected chi connectivity index (χ4v) is 3.00. The van der Waals surface area contributed by atoms with Crippen LogP contribution >= 0.6 is 0 Å². The van der Waals surface area contributed by atoms with Crippen LogP contribution < -0.4 is 10.6 Å². The molecule has 2 aromatic rings. The average Bonchev–Trinajstić information content (AvgIpc) is 2.52. The van der Waals surface area contributed by atoms with Crippen molar-refractivity contribution in [1.82, 2.24) is 5.32 Å². The lowest BCUT2D eigenvalue weighted by Crippen LogP contribution is -2.31. The highest BCUT2D eigenvalue weighted by atomic mass is 16.1. The zero-order chi connectivity index (χ0) is 16.4. The van der Waals surface area contributed by atoms with Crippen molar-refractivity contribution in [3.63, 3.8) is 0 Å². The van der Waals surface area contributed by atoms with E-state index in [1.54, 1.807) is 0 Å². The molecule has 23 heavy (non-hydrogen) atoms. The summed E-state index contributed by atoms with van der Waals surface area (Å²) in [6.45, 7) is 6.91. The molecule has 0 fully saturated rings. The van der Waals surface area contributed by atoms with Crippen molar-refractivity contribution in [3.8, 4) is 0 Å². The van der Waals surface area contributed by atoms with Gasteiger partial charge in [-0.25, -0.2) is 0 Å². The lowest BCUT2D eigenvalue weighted by atomic mass is 9.90. The first-order valence-electron chi connectivity index (χ1n) is 7.89. The molecule has 2 aromatic carbocycles. The normalized spacial score (nSPS) is 15.2. The predicted molar refractivity (Wildman–Crippen MR) is 95.4 cm³/mol. The number of rotatable bonds is 3. The molecule has 1 heterocycles. The first-order valence-corrected chi connectivity index (χ1v) is 7.89. The summed E-state index contributed by atoms with van der Waals surface area (Å²) >= 11 is 0. The van der Waals surface area contributed by atoms with Crippen LogP contribution in [0.3, 0.4) is 0 Å². The van der Waals surface area contributed by atoms with Crippen LogP contribution in [0.1, 0.15) is 42.3 Å². The SMILES string of the molecule is CC1=CC(C)(C)Nc2ccc(C(=O)NCc3ccccc3)cc21. The zero-order valence-corrected chi connectivity index (χ0v) is 13.8. The van der Waals surface area contributed by atoms with Crippen molar-refractivity contribution in [2.75, 3.05) is 5.32 Å². The van der Waals surface area contributed by atoms with Gasteiger partial charge in [0.15, 0.2) is 0 Å². The number of allylic oxidation sites excluding steroid dienone is 1. The first kappa shape index (κ1) is 15.3. The van der Waals surface area contributed by atoms with Crippen LogP contribution in [0, 0.1) is 0 Å². The maximum absolute atomic E-state index is 12.4. The standard InChI is InChI=1S/C20H22N2O/c1-14-12-20(2,3)22-18-10-9-16(11-17(14)18)19(23)21-13-15-7-5-4-6-8-15/h4-12,22H,13H2,1-3H3,(H,21,23). The summed E-state index contributed by atoms with van der Waals surface area (Å²) < 4.78 is 0. The third-order valence-electron chi connectivity index (χ3n) is 4.04. The second-order valence-electron chi connectivity index (χ2n) is 6.60. The van der Waals surface area contributed by atoms with Gasteiger partial charge in [0.05, 0.1) is 5.54 Å². The molecule has 3 nitrogen and oxygen atoms in total. The summed E-state index contributed by atoms with van der Waals surface area (Å²) in [5, 5.41) is 6.46. The Bertz CT molecular complexity index is 760. The number of benzene rings is 2. The van der Waals surface area contributed by atoms with E-state index < -0.39 is 0 Å².